The van der Waals surface area contributed by atoms with Gasteiger partial charge < -0.3 is 10.6 Å². The molecule has 41 heavy (non-hydrogen) atoms. The van der Waals surface area contributed by atoms with E-state index in [1.165, 1.54) is 16.7 Å². The van der Waals surface area contributed by atoms with Crippen LogP contribution in [0.3, 0.4) is 0 Å². The van der Waals surface area contributed by atoms with Gasteiger partial charge in [-0.1, -0.05) is 122 Å². The van der Waals surface area contributed by atoms with E-state index in [-0.39, 0.29) is 30.0 Å². The third kappa shape index (κ3) is 7.84. The highest BCUT2D eigenvalue weighted by atomic mass is 16.2. The highest BCUT2D eigenvalue weighted by Crippen LogP contribution is 2.30. The first-order valence-electron chi connectivity index (χ1n) is 14.7. The molecule has 0 aliphatic carbocycles. The summed E-state index contributed by atoms with van der Waals surface area (Å²) in [5.41, 5.74) is 4.88. The number of nitrogens with one attached hydrogen (secondary N) is 2. The minimum Gasteiger partial charge on any atom is -0.333 e. The van der Waals surface area contributed by atoms with Crippen molar-refractivity contribution in [1.29, 1.82) is 0 Å². The molecule has 2 amide bonds. The summed E-state index contributed by atoms with van der Waals surface area (Å²) < 4.78 is 0. The Hall–Kier alpha value is -3.93. The van der Waals surface area contributed by atoms with Gasteiger partial charge in [0.15, 0.2) is 0 Å². The van der Waals surface area contributed by atoms with Crippen LogP contribution in [0.25, 0.3) is 0 Å². The second kappa shape index (κ2) is 14.1. The van der Waals surface area contributed by atoms with Crippen molar-refractivity contribution in [3.63, 3.8) is 0 Å². The van der Waals surface area contributed by atoms with Gasteiger partial charge in [-0.05, 0) is 29.2 Å². The zero-order valence-electron chi connectivity index (χ0n) is 24.0. The van der Waals surface area contributed by atoms with Gasteiger partial charge >= 0.3 is 6.03 Å². The predicted molar refractivity (Wildman–Crippen MR) is 168 cm³/mol. The lowest BCUT2D eigenvalue weighted by Crippen LogP contribution is -2.50. The number of hydrogen-bond donors (Lipinski definition) is 2. The number of urea groups is 1. The standard InChI is InChI=1S/C36H42N4O/c1-3-4-8-15-28(2)32-24-39(22-29-16-9-5-10-17-29)26-34(32)37-36(41)38-35-27-40(23-30-18-11-6-12-19-30)25-33(35)31-20-13-7-14-21-31/h3-21,32-35H,2,22-27H2,1H3,(H2,37,38,41)/b4-3-,15-8-/t32-,33-,34+,35+/m1/s1. The smallest absolute Gasteiger partial charge is 0.315 e. The molecule has 2 aliphatic rings. The van der Waals surface area contributed by atoms with E-state index in [2.05, 4.69) is 112 Å². The predicted octanol–water partition coefficient (Wildman–Crippen LogP) is 6.14. The Kier molecular flexibility index (Phi) is 9.84. The summed E-state index contributed by atoms with van der Waals surface area (Å²) in [5.74, 6) is 0.382. The van der Waals surface area contributed by atoms with Crippen LogP contribution in [-0.2, 0) is 13.1 Å². The van der Waals surface area contributed by atoms with E-state index < -0.39 is 0 Å². The fraction of sp³-hybridized carbons (Fsp3) is 0.306. The van der Waals surface area contributed by atoms with Gasteiger partial charge in [0, 0.05) is 51.1 Å². The molecule has 4 atom stereocenters. The van der Waals surface area contributed by atoms with E-state index in [4.69, 9.17) is 0 Å². The fourth-order valence-electron chi connectivity index (χ4n) is 6.21. The van der Waals surface area contributed by atoms with Crippen LogP contribution < -0.4 is 10.6 Å². The SMILES string of the molecule is C=C(/C=C\C=C/C)[C@H]1CN(Cc2ccccc2)C[C@@H]1NC(=O)N[C@H]1CN(Cc2ccccc2)C[C@@H]1c1ccccc1. The minimum atomic E-state index is -0.0979. The highest BCUT2D eigenvalue weighted by molar-refractivity contribution is 5.75. The van der Waals surface area contributed by atoms with Crippen molar-refractivity contribution in [3.05, 3.63) is 144 Å². The molecule has 0 unspecified atom stereocenters. The Morgan fingerprint density at radius 1 is 0.756 bits per heavy atom. The van der Waals surface area contributed by atoms with Crippen LogP contribution in [0.1, 0.15) is 29.5 Å². The number of carbonyl (C=O) groups excluding carboxylic acids is 1. The van der Waals surface area contributed by atoms with Crippen LogP contribution in [0.15, 0.2) is 127 Å². The first-order valence-corrected chi connectivity index (χ1v) is 14.7. The van der Waals surface area contributed by atoms with E-state index >= 15 is 0 Å². The van der Waals surface area contributed by atoms with Crippen LogP contribution in [0, 0.1) is 5.92 Å². The molecule has 2 saturated heterocycles. The lowest BCUT2D eigenvalue weighted by molar-refractivity contribution is 0.229. The molecule has 5 rings (SSSR count). The molecule has 0 radical (unpaired) electrons. The second-order valence-corrected chi connectivity index (χ2v) is 11.3. The van der Waals surface area contributed by atoms with Crippen molar-refractivity contribution in [2.24, 2.45) is 5.92 Å². The number of rotatable bonds is 10. The largest absolute Gasteiger partial charge is 0.333 e. The average molecular weight is 547 g/mol. The summed E-state index contributed by atoms with van der Waals surface area (Å²) in [4.78, 5) is 18.4. The lowest BCUT2D eigenvalue weighted by atomic mass is 9.94. The van der Waals surface area contributed by atoms with Gasteiger partial charge in [0.2, 0.25) is 0 Å². The van der Waals surface area contributed by atoms with Gasteiger partial charge in [0.25, 0.3) is 0 Å². The van der Waals surface area contributed by atoms with E-state index in [0.717, 1.165) is 44.8 Å². The third-order valence-electron chi connectivity index (χ3n) is 8.24. The van der Waals surface area contributed by atoms with Crippen LogP contribution >= 0.6 is 0 Å². The van der Waals surface area contributed by atoms with E-state index in [1.807, 2.05) is 37.3 Å². The van der Waals surface area contributed by atoms with Gasteiger partial charge in [-0.25, -0.2) is 4.79 Å². The molecule has 5 heteroatoms. The van der Waals surface area contributed by atoms with E-state index in [9.17, 15) is 4.79 Å². The maximum Gasteiger partial charge on any atom is 0.315 e. The molecule has 212 valence electrons. The summed E-state index contributed by atoms with van der Waals surface area (Å²) in [6.45, 7) is 11.5. The van der Waals surface area contributed by atoms with Crippen LogP contribution in [0.4, 0.5) is 4.79 Å². The Bertz CT molecular complexity index is 1320. The van der Waals surface area contributed by atoms with E-state index in [0.29, 0.717) is 0 Å². The maximum absolute atomic E-state index is 13.6. The minimum absolute atomic E-state index is 0.0153. The van der Waals surface area contributed by atoms with Crippen LogP contribution in [0.5, 0.6) is 0 Å². The second-order valence-electron chi connectivity index (χ2n) is 11.3. The van der Waals surface area contributed by atoms with Gasteiger partial charge in [0.05, 0.1) is 12.1 Å². The molecule has 0 spiro atoms. The molecular weight excluding hydrogens is 504 g/mol. The van der Waals surface area contributed by atoms with Crippen molar-refractivity contribution in [1.82, 2.24) is 20.4 Å². The molecule has 5 nitrogen and oxygen atoms in total. The lowest BCUT2D eigenvalue weighted by Gasteiger charge is -2.24. The van der Waals surface area contributed by atoms with Crippen LogP contribution in [-0.4, -0.2) is 54.1 Å². The molecular formula is C36H42N4O. The van der Waals surface area contributed by atoms with Gasteiger partial charge in [-0.15, -0.1) is 0 Å². The Balaban J connectivity index is 1.27. The number of likely N-dealkylation sites (tertiary alicyclic amines) is 2. The molecule has 2 aliphatic heterocycles. The normalized spacial score (nSPS) is 23.3. The zero-order valence-corrected chi connectivity index (χ0v) is 24.0. The molecule has 0 saturated carbocycles. The summed E-state index contributed by atoms with van der Waals surface area (Å²) in [6.07, 6.45) is 8.13. The van der Waals surface area contributed by atoms with Crippen molar-refractivity contribution in [2.45, 2.75) is 38.0 Å². The van der Waals surface area contributed by atoms with Crippen LogP contribution in [0.2, 0.25) is 0 Å². The topological polar surface area (TPSA) is 47.6 Å². The Morgan fingerprint density at radius 3 is 1.90 bits per heavy atom. The van der Waals surface area contributed by atoms with Crippen molar-refractivity contribution in [2.75, 3.05) is 26.2 Å². The Labute approximate surface area is 245 Å². The Morgan fingerprint density at radius 2 is 1.29 bits per heavy atom. The number of carbonyl (C=O) groups is 1. The molecule has 0 bridgehead atoms. The number of allylic oxidation sites excluding steroid dienone is 4. The number of hydrogen-bond acceptors (Lipinski definition) is 3. The summed E-state index contributed by atoms with van der Waals surface area (Å²) in [5, 5.41) is 6.73. The monoisotopic (exact) mass is 546 g/mol. The van der Waals surface area contributed by atoms with Gasteiger partial charge in [0.1, 0.15) is 0 Å². The summed E-state index contributed by atoms with van der Waals surface area (Å²) in [6, 6.07) is 31.6. The number of benzene rings is 3. The van der Waals surface area contributed by atoms with Gasteiger partial charge in [-0.3, -0.25) is 9.80 Å². The molecule has 2 N–H and O–H groups in total. The van der Waals surface area contributed by atoms with E-state index in [1.54, 1.807) is 0 Å². The van der Waals surface area contributed by atoms with Gasteiger partial charge in [-0.2, -0.15) is 0 Å². The summed E-state index contributed by atoms with van der Waals surface area (Å²) in [7, 11) is 0. The number of nitrogens with zero attached hydrogens (tertiary/aromatic N) is 2. The third-order valence-corrected chi connectivity index (χ3v) is 8.24. The summed E-state index contributed by atoms with van der Waals surface area (Å²) >= 11 is 0. The fourth-order valence-corrected chi connectivity index (χ4v) is 6.21. The molecule has 3 aromatic carbocycles. The molecule has 3 aromatic rings. The zero-order chi connectivity index (χ0) is 28.4. The van der Waals surface area contributed by atoms with Crippen molar-refractivity contribution in [3.8, 4) is 0 Å². The first kappa shape index (κ1) is 28.6. The number of amides is 2. The molecule has 2 heterocycles. The first-order chi connectivity index (χ1) is 20.1. The average Bonchev–Trinajstić information content (AvgIpc) is 3.57. The van der Waals surface area contributed by atoms with Crippen molar-refractivity contribution < 1.29 is 4.79 Å². The maximum atomic E-state index is 13.6. The quantitative estimate of drug-likeness (QED) is 0.300. The molecule has 2 fully saturated rings. The highest BCUT2D eigenvalue weighted by Gasteiger charge is 2.38. The van der Waals surface area contributed by atoms with Crippen molar-refractivity contribution >= 4 is 6.03 Å². The molecule has 0 aromatic heterocycles.